The number of hydrogen-bond donors (Lipinski definition) is 2. The second-order valence-electron chi connectivity index (χ2n) is 8.50. The monoisotopic (exact) mass is 440 g/mol. The summed E-state index contributed by atoms with van der Waals surface area (Å²) in [6.45, 7) is 4.65. The van der Waals surface area contributed by atoms with E-state index in [0.29, 0.717) is 6.42 Å². The number of rotatable bonds is 7. The van der Waals surface area contributed by atoms with E-state index < -0.39 is 0 Å². The highest BCUT2D eigenvalue weighted by Crippen LogP contribution is 2.26. The largest absolute Gasteiger partial charge is 0.355 e. The Hall–Kier alpha value is -3.44. The lowest BCUT2D eigenvalue weighted by Gasteiger charge is -2.39. The highest BCUT2D eigenvalue weighted by atomic mass is 16.2. The molecule has 0 bridgehead atoms. The molecule has 4 rings (SSSR count). The predicted molar refractivity (Wildman–Crippen MR) is 135 cm³/mol. The number of carbonyl (C=O) groups is 1. The topological polar surface area (TPSA) is 59.4 Å². The smallest absolute Gasteiger partial charge is 0.228 e. The number of anilines is 2. The first-order chi connectivity index (χ1) is 16.2. The molecule has 3 aromatic rings. The van der Waals surface area contributed by atoms with Crippen molar-refractivity contribution in [2.75, 3.05) is 18.4 Å². The average molecular weight is 441 g/mol. The van der Waals surface area contributed by atoms with Crippen LogP contribution in [-0.4, -0.2) is 40.7 Å². The van der Waals surface area contributed by atoms with Crippen LogP contribution in [0.15, 0.2) is 84.9 Å². The van der Waals surface area contributed by atoms with Crippen LogP contribution >= 0.6 is 0 Å². The molecule has 3 aromatic carbocycles. The van der Waals surface area contributed by atoms with Gasteiger partial charge in [0.05, 0.1) is 0 Å². The first-order valence-electron chi connectivity index (χ1n) is 11.7. The number of piperidine rings is 1. The molecule has 0 aliphatic carbocycles. The molecular weight excluding hydrogens is 408 g/mol. The van der Waals surface area contributed by atoms with Gasteiger partial charge in [0.2, 0.25) is 5.91 Å². The minimum atomic E-state index is 0.0102. The minimum absolute atomic E-state index is 0.0102. The Labute approximate surface area is 196 Å². The Morgan fingerprint density at radius 1 is 0.939 bits per heavy atom. The van der Waals surface area contributed by atoms with Crippen molar-refractivity contribution in [2.45, 2.75) is 38.8 Å². The molecule has 1 aliphatic heterocycles. The number of para-hydroxylation sites is 2. The van der Waals surface area contributed by atoms with Crippen LogP contribution in [0.2, 0.25) is 0 Å². The lowest BCUT2D eigenvalue weighted by atomic mass is 10.00. The Kier molecular flexibility index (Phi) is 7.53. The summed E-state index contributed by atoms with van der Waals surface area (Å²) >= 11 is 0. The first-order valence-corrected chi connectivity index (χ1v) is 11.7. The summed E-state index contributed by atoms with van der Waals surface area (Å²) in [5, 5.41) is 12.5. The van der Waals surface area contributed by atoms with Gasteiger partial charge in [-0.05, 0) is 42.7 Å². The first kappa shape index (κ1) is 22.7. The number of amides is 1. The van der Waals surface area contributed by atoms with E-state index in [1.165, 1.54) is 5.56 Å². The van der Waals surface area contributed by atoms with E-state index in [1.54, 1.807) is 4.90 Å². The Morgan fingerprint density at radius 2 is 1.55 bits per heavy atom. The number of hydrogen-bond acceptors (Lipinski definition) is 4. The van der Waals surface area contributed by atoms with Crippen molar-refractivity contribution in [3.05, 3.63) is 96.1 Å². The molecule has 5 heteroatoms. The number of benzene rings is 3. The number of likely N-dealkylation sites (tertiary alicyclic amines) is 1. The van der Waals surface area contributed by atoms with Crippen LogP contribution in [0.4, 0.5) is 11.4 Å². The van der Waals surface area contributed by atoms with Gasteiger partial charge in [-0.15, -0.1) is 0 Å². The van der Waals surface area contributed by atoms with E-state index in [1.807, 2.05) is 67.6 Å². The summed E-state index contributed by atoms with van der Waals surface area (Å²) in [5.74, 6) is 0.290. The van der Waals surface area contributed by atoms with Crippen LogP contribution in [-0.2, 0) is 11.3 Å². The zero-order chi connectivity index (χ0) is 23.0. The van der Waals surface area contributed by atoms with Crippen LogP contribution in [0.25, 0.3) is 0 Å². The van der Waals surface area contributed by atoms with E-state index in [4.69, 9.17) is 5.41 Å². The van der Waals surface area contributed by atoms with Gasteiger partial charge in [0.1, 0.15) is 5.84 Å². The molecule has 0 radical (unpaired) electrons. The number of nitrogens with one attached hydrogen (secondary N) is 2. The maximum absolute atomic E-state index is 13.0. The second-order valence-corrected chi connectivity index (χ2v) is 8.50. The van der Waals surface area contributed by atoms with Gasteiger partial charge < -0.3 is 5.32 Å². The molecule has 0 unspecified atom stereocenters. The Bertz CT molecular complexity index is 1060. The van der Waals surface area contributed by atoms with Crippen molar-refractivity contribution in [3.63, 3.8) is 0 Å². The summed E-state index contributed by atoms with van der Waals surface area (Å²) < 4.78 is 0. The zero-order valence-electron chi connectivity index (χ0n) is 19.2. The minimum Gasteiger partial charge on any atom is -0.355 e. The van der Waals surface area contributed by atoms with Crippen molar-refractivity contribution in [1.82, 2.24) is 9.80 Å². The van der Waals surface area contributed by atoms with Crippen LogP contribution in [0, 0.1) is 5.41 Å². The molecule has 0 spiro atoms. The summed E-state index contributed by atoms with van der Waals surface area (Å²) in [6.07, 6.45) is 2.13. The quantitative estimate of drug-likeness (QED) is 0.368. The molecule has 1 amide bonds. The summed E-state index contributed by atoms with van der Waals surface area (Å²) in [6, 6.07) is 28.3. The van der Waals surface area contributed by atoms with Gasteiger partial charge in [0.25, 0.3) is 0 Å². The van der Waals surface area contributed by atoms with E-state index >= 15 is 0 Å². The van der Waals surface area contributed by atoms with Gasteiger partial charge >= 0.3 is 0 Å². The molecular formula is C28H32N4O. The summed E-state index contributed by atoms with van der Waals surface area (Å²) in [5.41, 5.74) is 3.85. The molecule has 1 heterocycles. The third-order valence-corrected chi connectivity index (χ3v) is 6.22. The van der Waals surface area contributed by atoms with Gasteiger partial charge in [-0.1, -0.05) is 67.6 Å². The summed E-state index contributed by atoms with van der Waals surface area (Å²) in [7, 11) is 0. The fourth-order valence-electron chi connectivity index (χ4n) is 4.46. The third-order valence-electron chi connectivity index (χ3n) is 6.22. The van der Waals surface area contributed by atoms with Crippen LogP contribution in [0.5, 0.6) is 0 Å². The fraction of sp³-hybridized carbons (Fsp3) is 0.286. The Morgan fingerprint density at radius 3 is 2.21 bits per heavy atom. The van der Waals surface area contributed by atoms with Crippen LogP contribution < -0.4 is 5.32 Å². The van der Waals surface area contributed by atoms with Crippen LogP contribution in [0.1, 0.15) is 37.3 Å². The standard InChI is InChI=1S/C28H32N4O/c1-2-27(33)32(24-17-19-31(20-18-24)21-22-11-5-3-6-12-22)28(29)25-15-9-10-16-26(25)30-23-13-7-4-8-14-23/h3-16,24,29-30H,2,17-21H2,1H3. The van der Waals surface area contributed by atoms with E-state index in [0.717, 1.165) is 49.4 Å². The maximum Gasteiger partial charge on any atom is 0.228 e. The number of nitrogens with zero attached hydrogens (tertiary/aromatic N) is 2. The predicted octanol–water partition coefficient (Wildman–Crippen LogP) is 5.66. The number of amidine groups is 1. The normalized spacial score (nSPS) is 14.6. The van der Waals surface area contributed by atoms with Crippen molar-refractivity contribution in [2.24, 2.45) is 0 Å². The molecule has 1 aliphatic rings. The van der Waals surface area contributed by atoms with Gasteiger partial charge in [-0.3, -0.25) is 20.0 Å². The SMILES string of the molecule is CCC(=O)N(C(=N)c1ccccc1Nc1ccccc1)C1CCN(Cc2ccccc2)CC1. The average Bonchev–Trinajstić information content (AvgIpc) is 2.86. The maximum atomic E-state index is 13.0. The molecule has 1 saturated heterocycles. The molecule has 2 N–H and O–H groups in total. The van der Waals surface area contributed by atoms with Crippen molar-refractivity contribution < 1.29 is 4.79 Å². The van der Waals surface area contributed by atoms with E-state index in [9.17, 15) is 4.79 Å². The zero-order valence-corrected chi connectivity index (χ0v) is 19.2. The summed E-state index contributed by atoms with van der Waals surface area (Å²) in [4.78, 5) is 17.2. The lowest BCUT2D eigenvalue weighted by molar-refractivity contribution is -0.129. The number of carbonyl (C=O) groups excluding carboxylic acids is 1. The van der Waals surface area contributed by atoms with Gasteiger partial charge in [-0.2, -0.15) is 0 Å². The Balaban J connectivity index is 1.49. The van der Waals surface area contributed by atoms with Crippen LogP contribution in [0.3, 0.4) is 0 Å². The van der Waals surface area contributed by atoms with Gasteiger partial charge in [-0.25, -0.2) is 0 Å². The molecule has 5 nitrogen and oxygen atoms in total. The fourth-order valence-corrected chi connectivity index (χ4v) is 4.46. The van der Waals surface area contributed by atoms with E-state index in [2.05, 4.69) is 34.5 Å². The van der Waals surface area contributed by atoms with Gasteiger partial charge in [0, 0.05) is 49.0 Å². The molecule has 0 aromatic heterocycles. The van der Waals surface area contributed by atoms with Crippen molar-refractivity contribution in [3.8, 4) is 0 Å². The molecule has 33 heavy (non-hydrogen) atoms. The molecule has 0 atom stereocenters. The van der Waals surface area contributed by atoms with Gasteiger partial charge in [0.15, 0.2) is 0 Å². The highest BCUT2D eigenvalue weighted by molar-refractivity contribution is 6.09. The second kappa shape index (κ2) is 10.9. The highest BCUT2D eigenvalue weighted by Gasteiger charge is 2.31. The molecule has 170 valence electrons. The molecule has 0 saturated carbocycles. The third kappa shape index (κ3) is 5.68. The lowest BCUT2D eigenvalue weighted by Crippen LogP contribution is -2.49. The van der Waals surface area contributed by atoms with E-state index in [-0.39, 0.29) is 17.8 Å². The molecule has 1 fully saturated rings. The van der Waals surface area contributed by atoms with Crippen molar-refractivity contribution >= 4 is 23.1 Å². The van der Waals surface area contributed by atoms with Crippen molar-refractivity contribution in [1.29, 1.82) is 5.41 Å².